The summed E-state index contributed by atoms with van der Waals surface area (Å²) in [5, 5.41) is -0.223. The van der Waals surface area contributed by atoms with Crippen molar-refractivity contribution in [2.45, 2.75) is 24.3 Å². The van der Waals surface area contributed by atoms with E-state index in [1.807, 2.05) is 0 Å². The summed E-state index contributed by atoms with van der Waals surface area (Å²) < 4.78 is 31.4. The minimum absolute atomic E-state index is 0.135. The molecule has 0 spiro atoms. The van der Waals surface area contributed by atoms with E-state index in [9.17, 15) is 13.6 Å². The number of benzene rings is 1. The highest BCUT2D eigenvalue weighted by atomic mass is 32.2. The zero-order valence-electron chi connectivity index (χ0n) is 10.3. The number of oxazole rings is 1. The number of hydrogen-bond acceptors (Lipinski definition) is 4. The van der Waals surface area contributed by atoms with Gasteiger partial charge in [-0.25, -0.2) is 13.8 Å². The predicted molar refractivity (Wildman–Crippen MR) is 67.2 cm³/mol. The largest absolute Gasteiger partial charge is 0.440 e. The summed E-state index contributed by atoms with van der Waals surface area (Å²) in [5.41, 5.74) is 0.569. The van der Waals surface area contributed by atoms with Crippen LogP contribution in [-0.2, 0) is 0 Å². The Kier molecular flexibility index (Phi) is 3.99. The van der Waals surface area contributed by atoms with Crippen LogP contribution in [0.15, 0.2) is 34.1 Å². The Morgan fingerprint density at radius 1 is 1.42 bits per heavy atom. The van der Waals surface area contributed by atoms with E-state index in [0.717, 1.165) is 23.9 Å². The lowest BCUT2D eigenvalue weighted by atomic mass is 10.1. The number of Topliss-reactive ketones (excluding diaryl/α,β-unsaturated/α-hetero) is 1. The van der Waals surface area contributed by atoms with Crippen molar-refractivity contribution in [2.24, 2.45) is 0 Å². The molecule has 2 rings (SSSR count). The van der Waals surface area contributed by atoms with E-state index in [1.54, 1.807) is 13.8 Å². The molecule has 100 valence electrons. The van der Waals surface area contributed by atoms with Crippen LogP contribution in [0, 0.1) is 18.6 Å². The number of carbonyl (C=O) groups is 1. The Hall–Kier alpha value is -1.69. The number of halogens is 2. The highest BCUT2D eigenvalue weighted by molar-refractivity contribution is 8.00. The number of aromatic nitrogens is 1. The van der Waals surface area contributed by atoms with Crippen molar-refractivity contribution in [3.05, 3.63) is 47.4 Å². The van der Waals surface area contributed by atoms with Gasteiger partial charge in [0.2, 0.25) is 0 Å². The number of aryl methyl sites for hydroxylation is 1. The third-order valence-corrected chi connectivity index (χ3v) is 3.40. The first kappa shape index (κ1) is 13.7. The first-order valence-electron chi connectivity index (χ1n) is 5.55. The zero-order valence-corrected chi connectivity index (χ0v) is 11.1. The van der Waals surface area contributed by atoms with Crippen LogP contribution in [-0.4, -0.2) is 16.0 Å². The molecule has 0 amide bonds. The summed E-state index contributed by atoms with van der Waals surface area (Å²) in [6.45, 7) is 3.38. The average Bonchev–Trinajstić information content (AvgIpc) is 2.74. The predicted octanol–water partition coefficient (Wildman–Crippen LogP) is 3.62. The van der Waals surface area contributed by atoms with Gasteiger partial charge in [-0.05, 0) is 26.0 Å². The molecular weight excluding hydrogens is 272 g/mol. The lowest BCUT2D eigenvalue weighted by Crippen LogP contribution is -2.15. The zero-order chi connectivity index (χ0) is 14.0. The molecule has 1 unspecified atom stereocenters. The van der Waals surface area contributed by atoms with Crippen LogP contribution in [0.5, 0.6) is 0 Å². The van der Waals surface area contributed by atoms with Gasteiger partial charge in [-0.2, -0.15) is 0 Å². The fourth-order valence-corrected chi connectivity index (χ4v) is 2.34. The Bertz CT molecular complexity index is 612. The van der Waals surface area contributed by atoms with E-state index < -0.39 is 22.7 Å². The summed E-state index contributed by atoms with van der Waals surface area (Å²) in [6, 6.07) is 2.90. The monoisotopic (exact) mass is 283 g/mol. The van der Waals surface area contributed by atoms with Crippen LogP contribution in [0.25, 0.3) is 0 Å². The normalized spacial score (nSPS) is 12.4. The van der Waals surface area contributed by atoms with Crippen LogP contribution in [0.1, 0.15) is 23.0 Å². The van der Waals surface area contributed by atoms with Gasteiger partial charge in [0.25, 0.3) is 5.22 Å². The molecule has 1 heterocycles. The van der Waals surface area contributed by atoms with Gasteiger partial charge in [-0.15, -0.1) is 0 Å². The van der Waals surface area contributed by atoms with Crippen molar-refractivity contribution in [1.29, 1.82) is 0 Å². The number of thioether (sulfide) groups is 1. The maximum atomic E-state index is 13.5. The van der Waals surface area contributed by atoms with E-state index in [4.69, 9.17) is 4.42 Å². The third-order valence-electron chi connectivity index (χ3n) is 2.44. The summed E-state index contributed by atoms with van der Waals surface area (Å²) >= 11 is 1.09. The Morgan fingerprint density at radius 2 is 2.16 bits per heavy atom. The summed E-state index contributed by atoms with van der Waals surface area (Å²) in [4.78, 5) is 16.1. The minimum atomic E-state index is -0.860. The standard InChI is InChI=1S/C13H11F2NO2S/c1-7-6-18-13(16-7)19-8(2)12(17)10-4-3-9(14)5-11(10)15/h3-6,8H,1-2H3. The Morgan fingerprint density at radius 3 is 2.74 bits per heavy atom. The van der Waals surface area contributed by atoms with Crippen LogP contribution in [0.3, 0.4) is 0 Å². The average molecular weight is 283 g/mol. The number of carbonyl (C=O) groups excluding carboxylic acids is 1. The molecule has 2 aromatic rings. The van der Waals surface area contributed by atoms with Gasteiger partial charge in [0, 0.05) is 6.07 Å². The summed E-state index contributed by atoms with van der Waals surface area (Å²) in [6.07, 6.45) is 1.47. The molecular formula is C13H11F2NO2S. The molecule has 0 saturated carbocycles. The van der Waals surface area contributed by atoms with Crippen LogP contribution >= 0.6 is 11.8 Å². The molecule has 3 nitrogen and oxygen atoms in total. The highest BCUT2D eigenvalue weighted by Crippen LogP contribution is 2.25. The molecule has 19 heavy (non-hydrogen) atoms. The number of nitrogens with zero attached hydrogens (tertiary/aromatic N) is 1. The second-order valence-corrected chi connectivity index (χ2v) is 5.30. The highest BCUT2D eigenvalue weighted by Gasteiger charge is 2.21. The molecule has 0 aliphatic heterocycles. The second-order valence-electron chi connectivity index (χ2n) is 4.00. The van der Waals surface area contributed by atoms with E-state index in [0.29, 0.717) is 17.0 Å². The van der Waals surface area contributed by atoms with Crippen molar-refractivity contribution in [3.63, 3.8) is 0 Å². The van der Waals surface area contributed by atoms with Crippen molar-refractivity contribution in [1.82, 2.24) is 4.98 Å². The van der Waals surface area contributed by atoms with Gasteiger partial charge < -0.3 is 4.42 Å². The van der Waals surface area contributed by atoms with E-state index in [2.05, 4.69) is 4.98 Å². The molecule has 0 fully saturated rings. The smallest absolute Gasteiger partial charge is 0.256 e. The third kappa shape index (κ3) is 3.20. The fourth-order valence-electron chi connectivity index (χ4n) is 1.50. The van der Waals surface area contributed by atoms with Crippen LogP contribution in [0.4, 0.5) is 8.78 Å². The minimum Gasteiger partial charge on any atom is -0.440 e. The Labute approximate surface area is 113 Å². The molecule has 0 saturated heterocycles. The molecule has 0 N–H and O–H groups in total. The number of hydrogen-bond donors (Lipinski definition) is 0. The topological polar surface area (TPSA) is 43.1 Å². The maximum Gasteiger partial charge on any atom is 0.256 e. The van der Waals surface area contributed by atoms with Gasteiger partial charge >= 0.3 is 0 Å². The molecule has 0 aliphatic rings. The van der Waals surface area contributed by atoms with Gasteiger partial charge in [-0.3, -0.25) is 4.79 Å². The summed E-state index contributed by atoms with van der Waals surface area (Å²) in [7, 11) is 0. The van der Waals surface area contributed by atoms with E-state index >= 15 is 0 Å². The lowest BCUT2D eigenvalue weighted by Gasteiger charge is -2.08. The molecule has 0 radical (unpaired) electrons. The van der Waals surface area contributed by atoms with Crippen molar-refractivity contribution >= 4 is 17.5 Å². The molecule has 0 aliphatic carbocycles. The molecule has 6 heteroatoms. The van der Waals surface area contributed by atoms with E-state index in [-0.39, 0.29) is 5.56 Å². The quantitative estimate of drug-likeness (QED) is 0.635. The van der Waals surface area contributed by atoms with Gasteiger partial charge in [0.1, 0.15) is 17.9 Å². The molecule has 0 bridgehead atoms. The van der Waals surface area contributed by atoms with Gasteiger partial charge in [0.15, 0.2) is 5.78 Å². The second kappa shape index (κ2) is 5.52. The van der Waals surface area contributed by atoms with Gasteiger partial charge in [0.05, 0.1) is 16.5 Å². The van der Waals surface area contributed by atoms with Crippen LogP contribution in [0.2, 0.25) is 0 Å². The van der Waals surface area contributed by atoms with Crippen molar-refractivity contribution < 1.29 is 18.0 Å². The maximum absolute atomic E-state index is 13.5. The molecule has 1 aromatic heterocycles. The SMILES string of the molecule is Cc1coc(SC(C)C(=O)c2ccc(F)cc2F)n1. The summed E-state index contributed by atoms with van der Waals surface area (Å²) in [5.74, 6) is -2.00. The number of rotatable bonds is 4. The first-order valence-corrected chi connectivity index (χ1v) is 6.43. The molecule has 1 atom stereocenters. The lowest BCUT2D eigenvalue weighted by molar-refractivity contribution is 0.0989. The van der Waals surface area contributed by atoms with Crippen LogP contribution < -0.4 is 0 Å². The molecule has 1 aromatic carbocycles. The Balaban J connectivity index is 2.14. The van der Waals surface area contributed by atoms with Gasteiger partial charge in [-0.1, -0.05) is 11.8 Å². The van der Waals surface area contributed by atoms with Crippen molar-refractivity contribution in [3.8, 4) is 0 Å². The van der Waals surface area contributed by atoms with Crippen molar-refractivity contribution in [2.75, 3.05) is 0 Å². The number of ketones is 1. The van der Waals surface area contributed by atoms with E-state index in [1.165, 1.54) is 6.26 Å². The fraction of sp³-hybridized carbons (Fsp3) is 0.231. The first-order chi connectivity index (χ1) is 8.97.